The van der Waals surface area contributed by atoms with Crippen LogP contribution in [-0.2, 0) is 14.3 Å². The molecule has 2 fully saturated rings. The molecule has 3 rings (SSSR count). The van der Waals surface area contributed by atoms with Gasteiger partial charge in [0, 0.05) is 17.9 Å². The van der Waals surface area contributed by atoms with Gasteiger partial charge in [0.05, 0.1) is 6.61 Å². The lowest BCUT2D eigenvalue weighted by atomic mass is 9.72. The smallest absolute Gasteiger partial charge is 0.334 e. The Kier molecular flexibility index (Phi) is 4.93. The minimum atomic E-state index is -1.55. The highest BCUT2D eigenvalue weighted by molar-refractivity contribution is 5.89. The second-order valence-electron chi connectivity index (χ2n) is 7.73. The highest BCUT2D eigenvalue weighted by Crippen LogP contribution is 2.50. The number of aliphatic hydroxyl groups excluding tert-OH is 1. The molecule has 4 atom stereocenters. The fourth-order valence-electron chi connectivity index (χ4n) is 4.29. The van der Waals surface area contributed by atoms with Crippen molar-refractivity contribution in [2.24, 2.45) is 5.92 Å². The molecule has 2 N–H and O–H groups in total. The molecule has 0 aromatic carbocycles. The first-order chi connectivity index (χ1) is 11.8. The number of hydrogen-bond donors (Lipinski definition) is 2. The Hall–Kier alpha value is -1.43. The van der Waals surface area contributed by atoms with Gasteiger partial charge in [-0.3, -0.25) is 0 Å². The molecule has 0 amide bonds. The first kappa shape index (κ1) is 18.4. The number of esters is 1. The van der Waals surface area contributed by atoms with E-state index in [9.17, 15) is 15.0 Å². The van der Waals surface area contributed by atoms with Crippen LogP contribution in [-0.4, -0.2) is 40.3 Å². The molecule has 0 unspecified atom stereocenters. The first-order valence-corrected chi connectivity index (χ1v) is 9.04. The van der Waals surface area contributed by atoms with E-state index < -0.39 is 29.4 Å². The van der Waals surface area contributed by atoms with Gasteiger partial charge >= 0.3 is 5.97 Å². The molecule has 0 aromatic rings. The number of fused-ring (bicyclic) bond motifs is 6. The lowest BCUT2D eigenvalue weighted by Crippen LogP contribution is -2.66. The van der Waals surface area contributed by atoms with E-state index in [2.05, 4.69) is 25.7 Å². The third-order valence-electron chi connectivity index (χ3n) is 5.78. The lowest BCUT2D eigenvalue weighted by molar-refractivity contribution is -0.351. The summed E-state index contributed by atoms with van der Waals surface area (Å²) in [5.41, 5.74) is 1.46. The van der Waals surface area contributed by atoms with E-state index in [1.807, 2.05) is 6.92 Å². The topological polar surface area (TPSA) is 76.0 Å². The van der Waals surface area contributed by atoms with Gasteiger partial charge in [0.2, 0.25) is 0 Å². The standard InChI is InChI=1S/C20H28O5/c1-13-6-4-7-14(2)11-20(23)16-10-17(24-18(22)15(16)3)19(12-21,25-20)9-5-8-13/h7-8,16-17,21,23H,3-6,9-12H2,1-2H3/b13-8-,14-7+/t16-,17-,19+,20+/m1/s1. The highest BCUT2D eigenvalue weighted by Gasteiger charge is 2.60. The summed E-state index contributed by atoms with van der Waals surface area (Å²) in [6.45, 7) is 7.57. The molecule has 5 heteroatoms. The quantitative estimate of drug-likeness (QED) is 0.433. The third kappa shape index (κ3) is 3.33. The van der Waals surface area contributed by atoms with Crippen LogP contribution in [0.3, 0.4) is 0 Å². The van der Waals surface area contributed by atoms with E-state index in [1.165, 1.54) is 5.57 Å². The van der Waals surface area contributed by atoms with Crippen molar-refractivity contribution in [3.63, 3.8) is 0 Å². The van der Waals surface area contributed by atoms with Crippen molar-refractivity contribution in [3.8, 4) is 0 Å². The number of ether oxygens (including phenoxy) is 2. The van der Waals surface area contributed by atoms with Gasteiger partial charge in [-0.25, -0.2) is 4.79 Å². The van der Waals surface area contributed by atoms with Crippen LogP contribution in [0.2, 0.25) is 0 Å². The number of aliphatic hydroxyl groups is 2. The Morgan fingerprint density at radius 3 is 2.72 bits per heavy atom. The van der Waals surface area contributed by atoms with Crippen molar-refractivity contribution in [1.29, 1.82) is 0 Å². The second kappa shape index (κ2) is 6.71. The van der Waals surface area contributed by atoms with Crippen LogP contribution in [0.15, 0.2) is 35.5 Å². The van der Waals surface area contributed by atoms with Crippen LogP contribution >= 0.6 is 0 Å². The van der Waals surface area contributed by atoms with E-state index in [0.29, 0.717) is 25.7 Å². The summed E-state index contributed by atoms with van der Waals surface area (Å²) in [5.74, 6) is -2.56. The SMILES string of the molecule is C=C1C(=O)O[C@@H]2C[C@H]1[C@]1(O)C/C(C)=C/CC/C(C)=C\CC[C@@]2(CO)O1. The summed E-state index contributed by atoms with van der Waals surface area (Å²) < 4.78 is 11.7. The number of carbonyl (C=O) groups is 1. The molecule has 138 valence electrons. The predicted octanol–water partition coefficient (Wildman–Crippen LogP) is 2.78. The summed E-state index contributed by atoms with van der Waals surface area (Å²) in [4.78, 5) is 12.3. The number of hydrogen-bond acceptors (Lipinski definition) is 5. The molecule has 3 heterocycles. The van der Waals surface area contributed by atoms with Crippen LogP contribution in [0, 0.1) is 5.92 Å². The Balaban J connectivity index is 2.03. The minimum absolute atomic E-state index is 0.251. The van der Waals surface area contributed by atoms with Crippen molar-refractivity contribution in [2.75, 3.05) is 6.61 Å². The molecule has 2 saturated heterocycles. The van der Waals surface area contributed by atoms with Gasteiger partial charge in [0.25, 0.3) is 0 Å². The van der Waals surface area contributed by atoms with Gasteiger partial charge in [-0.1, -0.05) is 29.9 Å². The molecule has 0 aromatic heterocycles. The summed E-state index contributed by atoms with van der Waals surface area (Å²) in [6.07, 6.45) is 7.47. The van der Waals surface area contributed by atoms with Crippen molar-refractivity contribution >= 4 is 5.97 Å². The van der Waals surface area contributed by atoms with Gasteiger partial charge < -0.3 is 19.7 Å². The maximum atomic E-state index is 12.3. The molecule has 25 heavy (non-hydrogen) atoms. The van der Waals surface area contributed by atoms with Crippen molar-refractivity contribution in [3.05, 3.63) is 35.5 Å². The Bertz CT molecular complexity index is 634. The molecule has 0 radical (unpaired) electrons. The maximum absolute atomic E-state index is 12.3. The largest absolute Gasteiger partial charge is 0.456 e. The fourth-order valence-corrected chi connectivity index (χ4v) is 4.29. The van der Waals surface area contributed by atoms with E-state index in [0.717, 1.165) is 18.4 Å². The van der Waals surface area contributed by atoms with Gasteiger partial charge in [-0.2, -0.15) is 0 Å². The number of allylic oxidation sites excluding steroid dienone is 3. The fraction of sp³-hybridized carbons (Fsp3) is 0.650. The zero-order valence-electron chi connectivity index (χ0n) is 15.1. The lowest BCUT2D eigenvalue weighted by Gasteiger charge is -2.55. The Labute approximate surface area is 149 Å². The molecule has 0 saturated carbocycles. The van der Waals surface area contributed by atoms with Crippen LogP contribution in [0.1, 0.15) is 52.4 Å². The summed E-state index contributed by atoms with van der Waals surface area (Å²) in [7, 11) is 0. The van der Waals surface area contributed by atoms with E-state index >= 15 is 0 Å². The summed E-state index contributed by atoms with van der Waals surface area (Å²) in [5, 5.41) is 21.5. The summed E-state index contributed by atoms with van der Waals surface area (Å²) in [6, 6.07) is 0. The molecule has 0 aliphatic carbocycles. The maximum Gasteiger partial charge on any atom is 0.334 e. The van der Waals surface area contributed by atoms with Gasteiger partial charge in [0.15, 0.2) is 5.79 Å². The molecule has 5 nitrogen and oxygen atoms in total. The monoisotopic (exact) mass is 348 g/mol. The zero-order chi connectivity index (χ0) is 18.2. The number of carbonyl (C=O) groups excluding carboxylic acids is 1. The minimum Gasteiger partial charge on any atom is -0.456 e. The Morgan fingerprint density at radius 2 is 2.00 bits per heavy atom. The van der Waals surface area contributed by atoms with Crippen LogP contribution in [0.25, 0.3) is 0 Å². The average Bonchev–Trinajstić information content (AvgIpc) is 2.54. The highest BCUT2D eigenvalue weighted by atomic mass is 16.7. The van der Waals surface area contributed by atoms with Crippen LogP contribution < -0.4 is 0 Å². The molecule has 3 aliphatic heterocycles. The normalized spacial score (nSPS) is 43.7. The van der Waals surface area contributed by atoms with E-state index in [-0.39, 0.29) is 12.2 Å². The second-order valence-corrected chi connectivity index (χ2v) is 7.73. The van der Waals surface area contributed by atoms with Gasteiger partial charge in [-0.05, 0) is 46.0 Å². The van der Waals surface area contributed by atoms with Gasteiger partial charge in [-0.15, -0.1) is 0 Å². The molecular weight excluding hydrogens is 320 g/mol. The van der Waals surface area contributed by atoms with Gasteiger partial charge in [0.1, 0.15) is 11.7 Å². The first-order valence-electron chi connectivity index (χ1n) is 9.04. The predicted molar refractivity (Wildman–Crippen MR) is 93.6 cm³/mol. The van der Waals surface area contributed by atoms with E-state index in [4.69, 9.17) is 9.47 Å². The zero-order valence-corrected chi connectivity index (χ0v) is 15.1. The average molecular weight is 348 g/mol. The van der Waals surface area contributed by atoms with E-state index in [1.54, 1.807) is 0 Å². The van der Waals surface area contributed by atoms with Crippen molar-refractivity contribution < 1.29 is 24.5 Å². The molecule has 4 bridgehead atoms. The molecular formula is C20H28O5. The summed E-state index contributed by atoms with van der Waals surface area (Å²) >= 11 is 0. The molecule has 3 aliphatic rings. The third-order valence-corrected chi connectivity index (χ3v) is 5.78. The van der Waals surface area contributed by atoms with Crippen molar-refractivity contribution in [1.82, 2.24) is 0 Å². The van der Waals surface area contributed by atoms with Crippen molar-refractivity contribution in [2.45, 2.75) is 69.9 Å². The Morgan fingerprint density at radius 1 is 1.28 bits per heavy atom. The number of rotatable bonds is 1. The molecule has 0 spiro atoms. The van der Waals surface area contributed by atoms with Crippen LogP contribution in [0.5, 0.6) is 0 Å². The van der Waals surface area contributed by atoms with Crippen LogP contribution in [0.4, 0.5) is 0 Å².